The van der Waals surface area contributed by atoms with Crippen LogP contribution in [0.1, 0.15) is 28.1 Å². The molecule has 6 nitrogen and oxygen atoms in total. The van der Waals surface area contributed by atoms with Crippen LogP contribution in [0.5, 0.6) is 5.75 Å². The van der Waals surface area contributed by atoms with Gasteiger partial charge in [-0.3, -0.25) is 4.79 Å². The van der Waals surface area contributed by atoms with Crippen LogP contribution in [-0.4, -0.2) is 31.7 Å². The zero-order chi connectivity index (χ0) is 21.6. The molecule has 9 heteroatoms. The number of carbonyl (C=O) groups excluding carboxylic acids is 1. The normalized spacial score (nSPS) is 15.8. The Morgan fingerprint density at radius 1 is 1.10 bits per heavy atom. The molecule has 0 unspecified atom stereocenters. The third-order valence-electron chi connectivity index (χ3n) is 5.42. The van der Waals surface area contributed by atoms with Gasteiger partial charge in [-0.15, -0.1) is 11.3 Å². The van der Waals surface area contributed by atoms with Gasteiger partial charge in [0.1, 0.15) is 17.3 Å². The number of benzene rings is 2. The van der Waals surface area contributed by atoms with E-state index < -0.39 is 10.0 Å². The molecule has 160 valence electrons. The first kappa shape index (κ1) is 20.5. The van der Waals surface area contributed by atoms with E-state index in [2.05, 4.69) is 5.32 Å². The number of rotatable bonds is 4. The highest BCUT2D eigenvalue weighted by Gasteiger charge is 2.29. The molecule has 1 N–H and O–H groups in total. The maximum Gasteiger partial charge on any atom is 0.265 e. The molecule has 2 aliphatic rings. The molecule has 0 radical (unpaired) electrons. The lowest BCUT2D eigenvalue weighted by atomic mass is 10.1. The molecule has 2 aromatic carbocycles. The van der Waals surface area contributed by atoms with Gasteiger partial charge in [0, 0.05) is 34.8 Å². The van der Waals surface area contributed by atoms with Crippen molar-refractivity contribution < 1.29 is 17.9 Å². The van der Waals surface area contributed by atoms with Gasteiger partial charge in [0.2, 0.25) is 10.0 Å². The van der Waals surface area contributed by atoms with E-state index in [1.165, 1.54) is 27.8 Å². The molecule has 0 bridgehead atoms. The predicted octanol–water partition coefficient (Wildman–Crippen LogP) is 5.00. The number of ether oxygens (including phenoxy) is 1. The molecule has 1 saturated heterocycles. The SMILES string of the molecule is O=C(Nc1ccc(Cl)c(S(=O)(=O)N2CCCC2)c1)c1cc2c(s1)-c1ccccc1OC2. The molecule has 1 aromatic heterocycles. The van der Waals surface area contributed by atoms with Crippen molar-refractivity contribution >= 4 is 44.6 Å². The molecule has 1 fully saturated rings. The van der Waals surface area contributed by atoms with Gasteiger partial charge in [-0.2, -0.15) is 4.31 Å². The van der Waals surface area contributed by atoms with Gasteiger partial charge in [0.25, 0.3) is 5.91 Å². The first-order chi connectivity index (χ1) is 14.9. The monoisotopic (exact) mass is 474 g/mol. The van der Waals surface area contributed by atoms with Crippen molar-refractivity contribution in [2.45, 2.75) is 24.3 Å². The third kappa shape index (κ3) is 3.74. The first-order valence-corrected chi connectivity index (χ1v) is 12.5. The Bertz CT molecular complexity index is 1280. The van der Waals surface area contributed by atoms with Crippen molar-refractivity contribution in [2.75, 3.05) is 18.4 Å². The summed E-state index contributed by atoms with van der Waals surface area (Å²) in [5.41, 5.74) is 2.32. The van der Waals surface area contributed by atoms with E-state index >= 15 is 0 Å². The van der Waals surface area contributed by atoms with Crippen molar-refractivity contribution in [1.29, 1.82) is 0 Å². The number of sulfonamides is 1. The van der Waals surface area contributed by atoms with Gasteiger partial charge in [0.15, 0.2) is 0 Å². The largest absolute Gasteiger partial charge is 0.488 e. The smallest absolute Gasteiger partial charge is 0.265 e. The maximum absolute atomic E-state index is 12.9. The Balaban J connectivity index is 1.42. The molecule has 0 spiro atoms. The molecule has 2 aliphatic heterocycles. The molecule has 3 aromatic rings. The van der Waals surface area contributed by atoms with Gasteiger partial charge in [-0.1, -0.05) is 23.7 Å². The Kier molecular flexibility index (Phi) is 5.26. The second kappa shape index (κ2) is 7.94. The average Bonchev–Trinajstić information content (AvgIpc) is 3.45. The summed E-state index contributed by atoms with van der Waals surface area (Å²) in [7, 11) is -3.69. The quantitative estimate of drug-likeness (QED) is 0.577. The van der Waals surface area contributed by atoms with Crippen LogP contribution >= 0.6 is 22.9 Å². The summed E-state index contributed by atoms with van der Waals surface area (Å²) in [4.78, 5) is 14.5. The highest BCUT2D eigenvalue weighted by molar-refractivity contribution is 7.89. The standard InChI is InChI=1S/C22H19ClN2O4S2/c23-17-8-7-15(12-20(17)31(27,28)25-9-3-4-10-25)24-22(26)19-11-14-13-29-18-6-2-1-5-16(18)21(14)30-19/h1-2,5-8,11-12H,3-4,9-10,13H2,(H,24,26). The van der Waals surface area contributed by atoms with Gasteiger partial charge < -0.3 is 10.1 Å². The molecule has 0 saturated carbocycles. The minimum atomic E-state index is -3.69. The lowest BCUT2D eigenvalue weighted by Gasteiger charge is -2.17. The number of carbonyl (C=O) groups is 1. The van der Waals surface area contributed by atoms with Crippen molar-refractivity contribution in [1.82, 2.24) is 4.31 Å². The van der Waals surface area contributed by atoms with Gasteiger partial charge >= 0.3 is 0 Å². The van der Waals surface area contributed by atoms with Gasteiger partial charge in [-0.05, 0) is 49.2 Å². The Hall–Kier alpha value is -2.39. The second-order valence-corrected chi connectivity index (χ2v) is 10.8. The third-order valence-corrected chi connectivity index (χ3v) is 9.01. The number of nitrogens with zero attached hydrogens (tertiary/aromatic N) is 1. The summed E-state index contributed by atoms with van der Waals surface area (Å²) in [6.07, 6.45) is 1.67. The number of hydrogen-bond acceptors (Lipinski definition) is 5. The van der Waals surface area contributed by atoms with Crippen molar-refractivity contribution in [3.05, 3.63) is 64.0 Å². The van der Waals surface area contributed by atoms with E-state index in [1.54, 1.807) is 6.07 Å². The van der Waals surface area contributed by atoms with E-state index in [0.717, 1.165) is 34.6 Å². The Labute approximate surface area is 189 Å². The summed E-state index contributed by atoms with van der Waals surface area (Å²) >= 11 is 7.59. The predicted molar refractivity (Wildman–Crippen MR) is 121 cm³/mol. The number of halogens is 1. The van der Waals surface area contributed by atoms with E-state index in [0.29, 0.717) is 30.3 Å². The number of fused-ring (bicyclic) bond motifs is 3. The van der Waals surface area contributed by atoms with Crippen LogP contribution in [0.4, 0.5) is 5.69 Å². The summed E-state index contributed by atoms with van der Waals surface area (Å²) in [5.74, 6) is 0.502. The zero-order valence-electron chi connectivity index (χ0n) is 16.4. The number of anilines is 1. The average molecular weight is 475 g/mol. The Morgan fingerprint density at radius 2 is 1.87 bits per heavy atom. The maximum atomic E-state index is 12.9. The van der Waals surface area contributed by atoms with Crippen molar-refractivity contribution in [3.8, 4) is 16.2 Å². The number of amides is 1. The van der Waals surface area contributed by atoms with Crippen LogP contribution in [0.3, 0.4) is 0 Å². The summed E-state index contributed by atoms with van der Waals surface area (Å²) in [5, 5.41) is 2.95. The van der Waals surface area contributed by atoms with Crippen LogP contribution in [0.15, 0.2) is 53.4 Å². The van der Waals surface area contributed by atoms with Crippen molar-refractivity contribution in [3.63, 3.8) is 0 Å². The summed E-state index contributed by atoms with van der Waals surface area (Å²) in [6, 6.07) is 14.1. The van der Waals surface area contributed by atoms with E-state index in [1.807, 2.05) is 30.3 Å². The molecule has 0 aliphatic carbocycles. The zero-order valence-corrected chi connectivity index (χ0v) is 18.8. The van der Waals surface area contributed by atoms with Crippen LogP contribution in [0, 0.1) is 0 Å². The topological polar surface area (TPSA) is 75.7 Å². The van der Waals surface area contributed by atoms with E-state index in [-0.39, 0.29) is 15.8 Å². The minimum absolute atomic E-state index is 0.0154. The summed E-state index contributed by atoms with van der Waals surface area (Å²) in [6.45, 7) is 1.38. The molecule has 5 rings (SSSR count). The van der Waals surface area contributed by atoms with Crippen LogP contribution < -0.4 is 10.1 Å². The van der Waals surface area contributed by atoms with E-state index in [4.69, 9.17) is 16.3 Å². The fraction of sp³-hybridized carbons (Fsp3) is 0.227. The molecular weight excluding hydrogens is 456 g/mol. The highest BCUT2D eigenvalue weighted by atomic mass is 35.5. The number of para-hydroxylation sites is 1. The highest BCUT2D eigenvalue weighted by Crippen LogP contribution is 2.42. The van der Waals surface area contributed by atoms with E-state index in [9.17, 15) is 13.2 Å². The van der Waals surface area contributed by atoms with Gasteiger partial charge in [-0.25, -0.2) is 8.42 Å². The molecule has 3 heterocycles. The fourth-order valence-corrected chi connectivity index (χ4v) is 6.96. The lowest BCUT2D eigenvalue weighted by Crippen LogP contribution is -2.28. The van der Waals surface area contributed by atoms with Crippen molar-refractivity contribution in [2.24, 2.45) is 0 Å². The second-order valence-electron chi connectivity index (χ2n) is 7.46. The fourth-order valence-electron chi connectivity index (χ4n) is 3.85. The Morgan fingerprint density at radius 3 is 2.68 bits per heavy atom. The number of hydrogen-bond donors (Lipinski definition) is 1. The minimum Gasteiger partial charge on any atom is -0.488 e. The molecular formula is C22H19ClN2O4S2. The molecule has 1 amide bonds. The lowest BCUT2D eigenvalue weighted by molar-refractivity contribution is 0.103. The number of thiophene rings is 1. The van der Waals surface area contributed by atoms with Crippen LogP contribution in [-0.2, 0) is 16.6 Å². The van der Waals surface area contributed by atoms with Crippen LogP contribution in [0.25, 0.3) is 10.4 Å². The summed E-state index contributed by atoms with van der Waals surface area (Å²) < 4.78 is 33.1. The van der Waals surface area contributed by atoms with Gasteiger partial charge in [0.05, 0.1) is 9.90 Å². The number of nitrogens with one attached hydrogen (secondary N) is 1. The van der Waals surface area contributed by atoms with Crippen LogP contribution in [0.2, 0.25) is 5.02 Å². The molecule has 31 heavy (non-hydrogen) atoms. The first-order valence-electron chi connectivity index (χ1n) is 9.89. The molecule has 0 atom stereocenters.